The number of unbranched alkanes of at least 4 members (excludes halogenated alkanes) is 1. The summed E-state index contributed by atoms with van der Waals surface area (Å²) in [6, 6.07) is -5.21. The number of hydrogen-bond donors (Lipinski definition) is 8. The average Bonchev–Trinajstić information content (AvgIpc) is 2.69. The smallest absolute Gasteiger partial charge is 0.326 e. The quantitative estimate of drug-likeness (QED) is 0.103. The second-order valence-corrected chi connectivity index (χ2v) is 7.92. The minimum atomic E-state index is -1.48. The van der Waals surface area contributed by atoms with Crippen LogP contribution >= 0.6 is 0 Å². The summed E-state index contributed by atoms with van der Waals surface area (Å²) in [5.74, 6) is -6.07. The van der Waals surface area contributed by atoms with Crippen molar-refractivity contribution in [2.24, 2.45) is 28.9 Å². The number of carboxylic acids is 1. The van der Waals surface area contributed by atoms with Crippen molar-refractivity contribution < 1.29 is 33.9 Å². The van der Waals surface area contributed by atoms with Gasteiger partial charge in [-0.05, 0) is 31.7 Å². The van der Waals surface area contributed by atoms with Crippen molar-refractivity contribution in [3.8, 4) is 0 Å². The average molecular weight is 474 g/mol. The Hall–Kier alpha value is -3.26. The number of carboxylic acid groups (broad SMARTS) is 1. The van der Waals surface area contributed by atoms with Crippen molar-refractivity contribution in [1.82, 2.24) is 16.0 Å². The molecule has 33 heavy (non-hydrogen) atoms. The van der Waals surface area contributed by atoms with Gasteiger partial charge in [0.05, 0.1) is 18.9 Å². The molecule has 0 aliphatic heterocycles. The lowest BCUT2D eigenvalue weighted by molar-refractivity contribution is -0.142. The molecule has 0 radical (unpaired) electrons. The van der Waals surface area contributed by atoms with E-state index >= 15 is 0 Å². The molecule has 0 heterocycles. The minimum absolute atomic E-state index is 0.0952. The van der Waals surface area contributed by atoms with E-state index in [9.17, 15) is 33.9 Å². The number of carbonyl (C=O) groups is 6. The fraction of sp³-hybridized carbons (Fsp3) is 0.684. The Balaban J connectivity index is 5.41. The highest BCUT2D eigenvalue weighted by molar-refractivity contribution is 5.96. The van der Waals surface area contributed by atoms with Gasteiger partial charge in [0.2, 0.25) is 29.5 Å². The first-order valence-electron chi connectivity index (χ1n) is 10.5. The Morgan fingerprint density at radius 1 is 0.788 bits per heavy atom. The number of primary amides is 2. The summed E-state index contributed by atoms with van der Waals surface area (Å²) in [4.78, 5) is 71.4. The molecule has 0 fully saturated rings. The highest BCUT2D eigenvalue weighted by Gasteiger charge is 2.32. The topological polar surface area (TPSA) is 263 Å². The van der Waals surface area contributed by atoms with Crippen LogP contribution in [0.15, 0.2) is 0 Å². The van der Waals surface area contributed by atoms with Crippen molar-refractivity contribution in [3.05, 3.63) is 0 Å². The number of amides is 5. The third kappa shape index (κ3) is 11.8. The molecule has 0 aliphatic carbocycles. The minimum Gasteiger partial charge on any atom is -0.480 e. The zero-order chi connectivity index (χ0) is 25.7. The Labute approximate surface area is 191 Å². The molecule has 0 saturated carbocycles. The van der Waals surface area contributed by atoms with Gasteiger partial charge in [-0.25, -0.2) is 4.79 Å². The molecule has 14 heteroatoms. The van der Waals surface area contributed by atoms with Crippen molar-refractivity contribution in [3.63, 3.8) is 0 Å². The molecule has 5 amide bonds. The third-order valence-electron chi connectivity index (χ3n) is 4.60. The van der Waals surface area contributed by atoms with E-state index in [4.69, 9.17) is 22.9 Å². The van der Waals surface area contributed by atoms with Gasteiger partial charge in [0.1, 0.15) is 18.1 Å². The van der Waals surface area contributed by atoms with Gasteiger partial charge in [-0.1, -0.05) is 13.8 Å². The number of rotatable bonds is 16. The molecule has 14 nitrogen and oxygen atoms in total. The lowest BCUT2D eigenvalue weighted by Gasteiger charge is -2.26. The molecule has 12 N–H and O–H groups in total. The van der Waals surface area contributed by atoms with E-state index in [1.54, 1.807) is 13.8 Å². The Bertz CT molecular complexity index is 729. The highest BCUT2D eigenvalue weighted by atomic mass is 16.4. The van der Waals surface area contributed by atoms with Gasteiger partial charge >= 0.3 is 5.97 Å². The van der Waals surface area contributed by atoms with Gasteiger partial charge in [0, 0.05) is 0 Å². The van der Waals surface area contributed by atoms with Crippen LogP contribution in [0.1, 0.15) is 46.0 Å². The molecule has 0 aliphatic rings. The van der Waals surface area contributed by atoms with Crippen LogP contribution < -0.4 is 38.9 Å². The van der Waals surface area contributed by atoms with Crippen molar-refractivity contribution in [1.29, 1.82) is 0 Å². The molecule has 0 saturated heterocycles. The second-order valence-electron chi connectivity index (χ2n) is 7.92. The van der Waals surface area contributed by atoms with Crippen LogP contribution in [0, 0.1) is 5.92 Å². The van der Waals surface area contributed by atoms with E-state index in [0.717, 1.165) is 0 Å². The molecule has 0 spiro atoms. The molecule has 0 aromatic carbocycles. The summed E-state index contributed by atoms with van der Waals surface area (Å²) < 4.78 is 0. The molecule has 4 unspecified atom stereocenters. The fourth-order valence-corrected chi connectivity index (χ4v) is 2.80. The van der Waals surface area contributed by atoms with Crippen molar-refractivity contribution >= 4 is 35.5 Å². The number of hydrogen-bond acceptors (Lipinski definition) is 8. The molecule has 188 valence electrons. The Kier molecular flexibility index (Phi) is 13.3. The van der Waals surface area contributed by atoms with E-state index in [2.05, 4.69) is 16.0 Å². The summed E-state index contributed by atoms with van der Waals surface area (Å²) >= 11 is 0. The van der Waals surface area contributed by atoms with Gasteiger partial charge < -0.3 is 44.0 Å². The molecule has 4 atom stereocenters. The van der Waals surface area contributed by atoms with Gasteiger partial charge in [-0.3, -0.25) is 24.0 Å². The van der Waals surface area contributed by atoms with Crippen molar-refractivity contribution in [2.45, 2.75) is 70.1 Å². The first-order chi connectivity index (χ1) is 15.3. The maximum atomic E-state index is 12.8. The van der Waals surface area contributed by atoms with E-state index in [-0.39, 0.29) is 6.42 Å². The van der Waals surface area contributed by atoms with Crippen LogP contribution in [-0.4, -0.2) is 71.3 Å². The van der Waals surface area contributed by atoms with Crippen LogP contribution in [-0.2, 0) is 28.8 Å². The summed E-state index contributed by atoms with van der Waals surface area (Å²) in [6.07, 6.45) is 0.0403. The van der Waals surface area contributed by atoms with E-state index in [0.29, 0.717) is 19.4 Å². The number of nitrogens with one attached hydrogen (secondary N) is 3. The zero-order valence-electron chi connectivity index (χ0n) is 18.8. The Morgan fingerprint density at radius 3 is 1.79 bits per heavy atom. The third-order valence-corrected chi connectivity index (χ3v) is 4.60. The first kappa shape index (κ1) is 29.7. The van der Waals surface area contributed by atoms with E-state index in [1.807, 2.05) is 0 Å². The summed E-state index contributed by atoms with van der Waals surface area (Å²) in [6.45, 7) is 3.56. The standard InChI is InChI=1S/C19H35N7O7/c1-9(2)15(26-16(29)10(21)7-13(22)27)18(31)25-12(8-14(23)28)17(30)24-11(19(32)33)5-3-4-6-20/h9-12,15H,3-8,20-21H2,1-2H3,(H2,22,27)(H2,23,28)(H,24,30)(H,25,31)(H,26,29)(H,32,33). The highest BCUT2D eigenvalue weighted by Crippen LogP contribution is 2.06. The van der Waals surface area contributed by atoms with Gasteiger partial charge in [0.15, 0.2) is 0 Å². The lowest BCUT2D eigenvalue weighted by Crippen LogP contribution is -2.59. The maximum absolute atomic E-state index is 12.8. The van der Waals surface area contributed by atoms with E-state index in [1.165, 1.54) is 0 Å². The molecule has 0 aromatic rings. The first-order valence-corrected chi connectivity index (χ1v) is 10.5. The Morgan fingerprint density at radius 2 is 1.33 bits per heavy atom. The second kappa shape index (κ2) is 14.7. The van der Waals surface area contributed by atoms with Crippen molar-refractivity contribution in [2.75, 3.05) is 6.54 Å². The normalized spacial score (nSPS) is 14.5. The maximum Gasteiger partial charge on any atom is 0.326 e. The van der Waals surface area contributed by atoms with Crippen LogP contribution in [0.4, 0.5) is 0 Å². The summed E-state index contributed by atoms with van der Waals surface area (Å²) in [7, 11) is 0. The summed E-state index contributed by atoms with van der Waals surface area (Å²) in [5.41, 5.74) is 21.1. The lowest BCUT2D eigenvalue weighted by atomic mass is 10.0. The van der Waals surface area contributed by atoms with Crippen LogP contribution in [0.25, 0.3) is 0 Å². The molecular formula is C19H35N7O7. The molecule has 0 bridgehead atoms. The number of aliphatic carboxylic acids is 1. The largest absolute Gasteiger partial charge is 0.480 e. The number of nitrogens with two attached hydrogens (primary N) is 4. The number of carbonyl (C=O) groups excluding carboxylic acids is 5. The monoisotopic (exact) mass is 473 g/mol. The zero-order valence-corrected chi connectivity index (χ0v) is 18.8. The molecular weight excluding hydrogens is 438 g/mol. The summed E-state index contributed by atoms with van der Waals surface area (Å²) in [5, 5.41) is 16.3. The van der Waals surface area contributed by atoms with Crippen LogP contribution in [0.5, 0.6) is 0 Å². The van der Waals surface area contributed by atoms with E-state index < -0.39 is 78.4 Å². The predicted molar refractivity (Wildman–Crippen MR) is 117 cm³/mol. The predicted octanol–water partition coefficient (Wildman–Crippen LogP) is -3.61. The SMILES string of the molecule is CC(C)C(NC(=O)C(N)CC(N)=O)C(=O)NC(CC(N)=O)C(=O)NC(CCCCN)C(=O)O. The van der Waals surface area contributed by atoms with Gasteiger partial charge in [0.25, 0.3) is 0 Å². The van der Waals surface area contributed by atoms with Gasteiger partial charge in [-0.2, -0.15) is 0 Å². The van der Waals surface area contributed by atoms with Crippen LogP contribution in [0.3, 0.4) is 0 Å². The molecule has 0 aromatic heterocycles. The van der Waals surface area contributed by atoms with Crippen LogP contribution in [0.2, 0.25) is 0 Å². The fourth-order valence-electron chi connectivity index (χ4n) is 2.80. The van der Waals surface area contributed by atoms with Gasteiger partial charge in [-0.15, -0.1) is 0 Å². The molecule has 0 rings (SSSR count).